The van der Waals surface area contributed by atoms with Crippen LogP contribution in [-0.2, 0) is 6.54 Å². The second kappa shape index (κ2) is 7.51. The Hall–Kier alpha value is -1.06. The normalized spacial score (nSPS) is 12.8. The molecule has 0 aliphatic rings. The van der Waals surface area contributed by atoms with Gasteiger partial charge < -0.3 is 15.4 Å². The van der Waals surface area contributed by atoms with E-state index in [1.165, 1.54) is 16.7 Å². The van der Waals surface area contributed by atoms with Gasteiger partial charge in [-0.2, -0.15) is 0 Å². The lowest BCUT2D eigenvalue weighted by Gasteiger charge is -2.20. The van der Waals surface area contributed by atoms with Crippen LogP contribution in [0.15, 0.2) is 12.1 Å². The first kappa shape index (κ1) is 16.0. The van der Waals surface area contributed by atoms with Crippen LogP contribution in [0.5, 0.6) is 5.75 Å². The molecule has 19 heavy (non-hydrogen) atoms. The van der Waals surface area contributed by atoms with Crippen molar-refractivity contribution < 1.29 is 4.74 Å². The van der Waals surface area contributed by atoms with E-state index >= 15 is 0 Å². The third-order valence-corrected chi connectivity index (χ3v) is 3.58. The number of benzene rings is 1. The van der Waals surface area contributed by atoms with Crippen molar-refractivity contribution in [2.45, 2.75) is 33.7 Å². The number of aryl methyl sites for hydroxylation is 2. The molecule has 1 unspecified atom stereocenters. The molecule has 0 spiro atoms. The van der Waals surface area contributed by atoms with E-state index < -0.39 is 0 Å². The lowest BCUT2D eigenvalue weighted by Crippen LogP contribution is -2.23. The van der Waals surface area contributed by atoms with Crippen molar-refractivity contribution in [2.75, 3.05) is 27.2 Å². The van der Waals surface area contributed by atoms with Gasteiger partial charge in [-0.15, -0.1) is 0 Å². The topological polar surface area (TPSA) is 38.5 Å². The highest BCUT2D eigenvalue weighted by Gasteiger charge is 2.08. The summed E-state index contributed by atoms with van der Waals surface area (Å²) in [6, 6.07) is 4.43. The van der Waals surface area contributed by atoms with Crippen molar-refractivity contribution in [3.05, 3.63) is 28.8 Å². The van der Waals surface area contributed by atoms with Gasteiger partial charge in [0.25, 0.3) is 0 Å². The number of nitrogens with zero attached hydrogens (tertiary/aromatic N) is 1. The molecule has 0 fully saturated rings. The summed E-state index contributed by atoms with van der Waals surface area (Å²) in [5, 5.41) is 0. The SMILES string of the molecule is COc1c(C)cc(CN(C)CCC(C)CN)cc1C. The fraction of sp³-hybridized carbons (Fsp3) is 0.625. The molecule has 0 aliphatic heterocycles. The number of hydrogen-bond donors (Lipinski definition) is 1. The van der Waals surface area contributed by atoms with Gasteiger partial charge >= 0.3 is 0 Å². The fourth-order valence-corrected chi connectivity index (χ4v) is 2.40. The summed E-state index contributed by atoms with van der Waals surface area (Å²) in [5.41, 5.74) is 9.42. The molecule has 3 heteroatoms. The fourth-order valence-electron chi connectivity index (χ4n) is 2.40. The predicted octanol–water partition coefficient (Wildman–Crippen LogP) is 2.73. The number of ether oxygens (including phenoxy) is 1. The molecule has 0 radical (unpaired) electrons. The summed E-state index contributed by atoms with van der Waals surface area (Å²) in [7, 11) is 3.90. The van der Waals surface area contributed by atoms with Gasteiger partial charge in [0.2, 0.25) is 0 Å². The minimum atomic E-state index is 0.599. The molecule has 0 bridgehead atoms. The predicted molar refractivity (Wildman–Crippen MR) is 81.6 cm³/mol. The third-order valence-electron chi connectivity index (χ3n) is 3.58. The van der Waals surface area contributed by atoms with Crippen LogP contribution in [0.3, 0.4) is 0 Å². The Kier molecular flexibility index (Phi) is 6.32. The Balaban J connectivity index is 2.62. The standard InChI is InChI=1S/C16H28N2O/c1-12(10-17)6-7-18(4)11-15-8-13(2)16(19-5)14(3)9-15/h8-9,12H,6-7,10-11,17H2,1-5H3. The van der Waals surface area contributed by atoms with E-state index in [1.807, 2.05) is 0 Å². The maximum Gasteiger partial charge on any atom is 0.124 e. The first-order valence-corrected chi connectivity index (χ1v) is 7.00. The Morgan fingerprint density at radius 1 is 1.26 bits per heavy atom. The number of methoxy groups -OCH3 is 1. The van der Waals surface area contributed by atoms with Crippen LogP contribution in [0, 0.1) is 19.8 Å². The van der Waals surface area contributed by atoms with E-state index in [0.717, 1.165) is 31.8 Å². The zero-order valence-corrected chi connectivity index (χ0v) is 13.0. The molecule has 0 saturated heterocycles. The minimum absolute atomic E-state index is 0.599. The van der Waals surface area contributed by atoms with E-state index in [1.54, 1.807) is 7.11 Å². The Bertz CT molecular complexity index is 381. The van der Waals surface area contributed by atoms with Crippen LogP contribution < -0.4 is 10.5 Å². The molecule has 0 aromatic heterocycles. The molecular formula is C16H28N2O. The van der Waals surface area contributed by atoms with Crippen LogP contribution in [-0.4, -0.2) is 32.1 Å². The second-order valence-corrected chi connectivity index (χ2v) is 5.63. The molecule has 0 amide bonds. The van der Waals surface area contributed by atoms with Crippen molar-refractivity contribution in [2.24, 2.45) is 11.7 Å². The molecule has 0 heterocycles. The van der Waals surface area contributed by atoms with E-state index in [-0.39, 0.29) is 0 Å². The van der Waals surface area contributed by atoms with Gasteiger partial charge in [0.05, 0.1) is 7.11 Å². The summed E-state index contributed by atoms with van der Waals surface area (Å²) >= 11 is 0. The summed E-state index contributed by atoms with van der Waals surface area (Å²) in [5.74, 6) is 1.60. The quantitative estimate of drug-likeness (QED) is 0.823. The van der Waals surface area contributed by atoms with Gasteiger partial charge in [0.15, 0.2) is 0 Å². The largest absolute Gasteiger partial charge is 0.496 e. The molecule has 3 nitrogen and oxygen atoms in total. The molecule has 1 aromatic rings. The Morgan fingerprint density at radius 3 is 2.32 bits per heavy atom. The third kappa shape index (κ3) is 4.84. The van der Waals surface area contributed by atoms with Crippen LogP contribution in [0.25, 0.3) is 0 Å². The smallest absolute Gasteiger partial charge is 0.124 e. The van der Waals surface area contributed by atoms with Crippen LogP contribution >= 0.6 is 0 Å². The highest BCUT2D eigenvalue weighted by atomic mass is 16.5. The lowest BCUT2D eigenvalue weighted by molar-refractivity contribution is 0.299. The molecular weight excluding hydrogens is 236 g/mol. The average molecular weight is 264 g/mol. The van der Waals surface area contributed by atoms with Gasteiger partial charge in [-0.05, 0) is 63.0 Å². The molecule has 1 rings (SSSR count). The van der Waals surface area contributed by atoms with E-state index in [4.69, 9.17) is 10.5 Å². The first-order chi connectivity index (χ1) is 8.97. The van der Waals surface area contributed by atoms with E-state index in [0.29, 0.717) is 5.92 Å². The van der Waals surface area contributed by atoms with Gasteiger partial charge in [-0.3, -0.25) is 0 Å². The zero-order valence-electron chi connectivity index (χ0n) is 13.0. The maximum absolute atomic E-state index is 5.65. The molecule has 0 saturated carbocycles. The van der Waals surface area contributed by atoms with Gasteiger partial charge in [0.1, 0.15) is 5.75 Å². The van der Waals surface area contributed by atoms with Crippen molar-refractivity contribution in [1.82, 2.24) is 4.90 Å². The lowest BCUT2D eigenvalue weighted by atomic mass is 10.0. The monoisotopic (exact) mass is 264 g/mol. The number of rotatable bonds is 7. The molecule has 2 N–H and O–H groups in total. The van der Waals surface area contributed by atoms with Crippen LogP contribution in [0.2, 0.25) is 0 Å². The van der Waals surface area contributed by atoms with Gasteiger partial charge in [0, 0.05) is 6.54 Å². The van der Waals surface area contributed by atoms with Crippen LogP contribution in [0.4, 0.5) is 0 Å². The average Bonchev–Trinajstić information content (AvgIpc) is 2.35. The molecule has 1 aromatic carbocycles. The molecule has 108 valence electrons. The second-order valence-electron chi connectivity index (χ2n) is 5.63. The maximum atomic E-state index is 5.65. The van der Waals surface area contributed by atoms with E-state index in [9.17, 15) is 0 Å². The summed E-state index contributed by atoms with van der Waals surface area (Å²) in [6.07, 6.45) is 1.15. The Morgan fingerprint density at radius 2 is 1.84 bits per heavy atom. The summed E-state index contributed by atoms with van der Waals surface area (Å²) in [6.45, 7) is 9.24. The molecule has 1 atom stereocenters. The highest BCUT2D eigenvalue weighted by molar-refractivity contribution is 5.43. The minimum Gasteiger partial charge on any atom is -0.496 e. The van der Waals surface area contributed by atoms with Crippen molar-refractivity contribution in [3.63, 3.8) is 0 Å². The van der Waals surface area contributed by atoms with Crippen molar-refractivity contribution >= 4 is 0 Å². The Labute approximate surface area is 117 Å². The van der Waals surface area contributed by atoms with Crippen LogP contribution in [0.1, 0.15) is 30.0 Å². The van der Waals surface area contributed by atoms with E-state index in [2.05, 4.69) is 44.9 Å². The first-order valence-electron chi connectivity index (χ1n) is 7.00. The summed E-state index contributed by atoms with van der Waals surface area (Å²) in [4.78, 5) is 2.35. The zero-order chi connectivity index (χ0) is 14.4. The van der Waals surface area contributed by atoms with Crippen molar-refractivity contribution in [3.8, 4) is 5.75 Å². The summed E-state index contributed by atoms with van der Waals surface area (Å²) < 4.78 is 5.40. The number of hydrogen-bond acceptors (Lipinski definition) is 3. The van der Waals surface area contributed by atoms with Crippen molar-refractivity contribution in [1.29, 1.82) is 0 Å². The highest BCUT2D eigenvalue weighted by Crippen LogP contribution is 2.24. The van der Waals surface area contributed by atoms with Gasteiger partial charge in [-0.1, -0.05) is 19.1 Å². The number of nitrogens with two attached hydrogens (primary N) is 1. The van der Waals surface area contributed by atoms with Gasteiger partial charge in [-0.25, -0.2) is 0 Å². The molecule has 0 aliphatic carbocycles.